The minimum Gasteiger partial charge on any atom is -0.225 e. The first-order valence-electron chi connectivity index (χ1n) is 4.29. The van der Waals surface area contributed by atoms with Gasteiger partial charge in [-0.2, -0.15) is 13.2 Å². The number of halogens is 3. The SMILES string of the molecule is Cc1c(CC(F)(F)F)cccc1S(N)(=O)=O. The van der Waals surface area contributed by atoms with Crippen molar-refractivity contribution in [1.82, 2.24) is 0 Å². The predicted molar refractivity (Wildman–Crippen MR) is 52.3 cm³/mol. The first-order chi connectivity index (χ1) is 7.11. The summed E-state index contributed by atoms with van der Waals surface area (Å²) >= 11 is 0. The highest BCUT2D eigenvalue weighted by Crippen LogP contribution is 2.25. The van der Waals surface area contributed by atoms with Crippen molar-refractivity contribution in [2.45, 2.75) is 24.4 Å². The molecule has 1 rings (SSSR count). The maximum absolute atomic E-state index is 12.2. The van der Waals surface area contributed by atoms with E-state index < -0.39 is 22.6 Å². The number of hydrogen-bond acceptors (Lipinski definition) is 2. The Morgan fingerprint density at radius 2 is 1.88 bits per heavy atom. The summed E-state index contributed by atoms with van der Waals surface area (Å²) in [7, 11) is -3.98. The first kappa shape index (κ1) is 13.0. The molecule has 1 aromatic carbocycles. The molecule has 7 heteroatoms. The van der Waals surface area contributed by atoms with Crippen molar-refractivity contribution in [3.05, 3.63) is 29.3 Å². The van der Waals surface area contributed by atoms with Crippen LogP contribution >= 0.6 is 0 Å². The van der Waals surface area contributed by atoms with Crippen LogP contribution in [-0.4, -0.2) is 14.6 Å². The minimum atomic E-state index is -4.37. The molecule has 90 valence electrons. The third kappa shape index (κ3) is 3.21. The van der Waals surface area contributed by atoms with Crippen molar-refractivity contribution < 1.29 is 21.6 Å². The minimum absolute atomic E-state index is 0.0438. The number of primary sulfonamides is 1. The van der Waals surface area contributed by atoms with E-state index in [1.807, 2.05) is 0 Å². The maximum Gasteiger partial charge on any atom is 0.393 e. The Morgan fingerprint density at radius 1 is 1.31 bits per heavy atom. The second-order valence-electron chi connectivity index (χ2n) is 3.38. The molecule has 0 amide bonds. The van der Waals surface area contributed by atoms with E-state index in [0.29, 0.717) is 0 Å². The van der Waals surface area contributed by atoms with E-state index in [4.69, 9.17) is 5.14 Å². The highest BCUT2D eigenvalue weighted by Gasteiger charge is 2.29. The van der Waals surface area contributed by atoms with Gasteiger partial charge in [0.15, 0.2) is 0 Å². The monoisotopic (exact) mass is 253 g/mol. The zero-order valence-electron chi connectivity index (χ0n) is 8.38. The van der Waals surface area contributed by atoms with Crippen LogP contribution in [0.15, 0.2) is 23.1 Å². The Kier molecular flexibility index (Phi) is 3.30. The molecule has 0 bridgehead atoms. The van der Waals surface area contributed by atoms with E-state index in [1.165, 1.54) is 25.1 Å². The van der Waals surface area contributed by atoms with E-state index in [1.54, 1.807) is 0 Å². The van der Waals surface area contributed by atoms with Crippen LogP contribution in [-0.2, 0) is 16.4 Å². The summed E-state index contributed by atoms with van der Waals surface area (Å²) in [6, 6.07) is 3.66. The molecule has 0 heterocycles. The van der Waals surface area contributed by atoms with Crippen LogP contribution in [0.2, 0.25) is 0 Å². The molecule has 0 radical (unpaired) electrons. The highest BCUT2D eigenvalue weighted by atomic mass is 32.2. The summed E-state index contributed by atoms with van der Waals surface area (Å²) < 4.78 is 58.6. The summed E-state index contributed by atoms with van der Waals surface area (Å²) in [4.78, 5) is -0.269. The van der Waals surface area contributed by atoms with E-state index >= 15 is 0 Å². The van der Waals surface area contributed by atoms with Gasteiger partial charge in [0.05, 0.1) is 11.3 Å². The molecule has 0 unspecified atom stereocenters. The van der Waals surface area contributed by atoms with Gasteiger partial charge in [0, 0.05) is 0 Å². The lowest BCUT2D eigenvalue weighted by molar-refractivity contribution is -0.127. The molecule has 0 saturated carbocycles. The van der Waals surface area contributed by atoms with Crippen LogP contribution in [0, 0.1) is 6.92 Å². The average molecular weight is 253 g/mol. The van der Waals surface area contributed by atoms with Gasteiger partial charge >= 0.3 is 6.18 Å². The third-order valence-corrected chi connectivity index (χ3v) is 3.15. The molecule has 0 saturated heterocycles. The van der Waals surface area contributed by atoms with Crippen molar-refractivity contribution in [1.29, 1.82) is 0 Å². The summed E-state index contributed by atoms with van der Waals surface area (Å²) in [5.74, 6) is 0. The molecule has 0 fully saturated rings. The molecule has 1 aromatic rings. The molecule has 0 spiro atoms. The fourth-order valence-corrected chi connectivity index (χ4v) is 2.20. The second kappa shape index (κ2) is 4.06. The van der Waals surface area contributed by atoms with Gasteiger partial charge in [0.2, 0.25) is 10.0 Å². The maximum atomic E-state index is 12.2. The van der Waals surface area contributed by atoms with E-state index in [-0.39, 0.29) is 16.0 Å². The molecule has 0 aromatic heterocycles. The highest BCUT2D eigenvalue weighted by molar-refractivity contribution is 7.89. The lowest BCUT2D eigenvalue weighted by atomic mass is 10.1. The molecule has 0 aliphatic rings. The van der Waals surface area contributed by atoms with Gasteiger partial charge in [-0.15, -0.1) is 0 Å². The van der Waals surface area contributed by atoms with Crippen LogP contribution in [0.3, 0.4) is 0 Å². The zero-order valence-corrected chi connectivity index (χ0v) is 9.19. The van der Waals surface area contributed by atoms with Crippen LogP contribution in [0.25, 0.3) is 0 Å². The van der Waals surface area contributed by atoms with Crippen molar-refractivity contribution >= 4 is 10.0 Å². The molecular formula is C9H10F3NO2S. The molecule has 0 aliphatic heterocycles. The number of hydrogen-bond donors (Lipinski definition) is 1. The number of sulfonamides is 1. The van der Waals surface area contributed by atoms with Crippen molar-refractivity contribution in [3.63, 3.8) is 0 Å². The zero-order chi connectivity index (χ0) is 12.6. The number of alkyl halides is 3. The fourth-order valence-electron chi connectivity index (χ4n) is 1.38. The molecule has 16 heavy (non-hydrogen) atoms. The Balaban J connectivity index is 3.25. The number of nitrogens with two attached hydrogens (primary N) is 1. The third-order valence-electron chi connectivity index (χ3n) is 2.09. The van der Waals surface area contributed by atoms with Gasteiger partial charge in [-0.05, 0) is 24.1 Å². The fraction of sp³-hybridized carbons (Fsp3) is 0.333. The summed E-state index contributed by atoms with van der Waals surface area (Å²) in [6.07, 6.45) is -5.54. The topological polar surface area (TPSA) is 60.2 Å². The second-order valence-corrected chi connectivity index (χ2v) is 4.91. The normalized spacial score (nSPS) is 12.8. The lowest BCUT2D eigenvalue weighted by Crippen LogP contribution is -2.17. The van der Waals surface area contributed by atoms with Crippen molar-refractivity contribution in [2.75, 3.05) is 0 Å². The van der Waals surface area contributed by atoms with Gasteiger partial charge in [0.25, 0.3) is 0 Å². The van der Waals surface area contributed by atoms with E-state index in [9.17, 15) is 21.6 Å². The number of benzene rings is 1. The Labute approximate surface area is 91.1 Å². The smallest absolute Gasteiger partial charge is 0.225 e. The van der Waals surface area contributed by atoms with Gasteiger partial charge in [0.1, 0.15) is 0 Å². The summed E-state index contributed by atoms with van der Waals surface area (Å²) in [5.41, 5.74) is -0.0404. The largest absolute Gasteiger partial charge is 0.393 e. The summed E-state index contributed by atoms with van der Waals surface area (Å²) in [5, 5.41) is 4.88. The van der Waals surface area contributed by atoms with Gasteiger partial charge in [-0.1, -0.05) is 12.1 Å². The van der Waals surface area contributed by atoms with Gasteiger partial charge in [-0.3, -0.25) is 0 Å². The molecule has 0 atom stereocenters. The Bertz CT molecular complexity index is 494. The van der Waals surface area contributed by atoms with Crippen LogP contribution in [0.5, 0.6) is 0 Å². The Hall–Kier alpha value is -1.08. The predicted octanol–water partition coefficient (Wildman–Crippen LogP) is 1.75. The molecule has 0 aliphatic carbocycles. The van der Waals surface area contributed by atoms with Crippen LogP contribution < -0.4 is 5.14 Å². The van der Waals surface area contributed by atoms with Crippen molar-refractivity contribution in [2.24, 2.45) is 5.14 Å². The first-order valence-corrected chi connectivity index (χ1v) is 5.84. The van der Waals surface area contributed by atoms with Gasteiger partial charge < -0.3 is 0 Å². The standard InChI is InChI=1S/C9H10F3NO2S/c1-6-7(5-9(10,11)12)3-2-4-8(6)16(13,14)15/h2-4H,5H2,1H3,(H2,13,14,15). The number of rotatable bonds is 2. The van der Waals surface area contributed by atoms with Gasteiger partial charge in [-0.25, -0.2) is 13.6 Å². The quantitative estimate of drug-likeness (QED) is 0.872. The molecular weight excluding hydrogens is 243 g/mol. The Morgan fingerprint density at radius 3 is 2.31 bits per heavy atom. The van der Waals surface area contributed by atoms with Crippen LogP contribution in [0.4, 0.5) is 13.2 Å². The van der Waals surface area contributed by atoms with E-state index in [0.717, 1.165) is 0 Å². The molecule has 2 N–H and O–H groups in total. The summed E-state index contributed by atoms with van der Waals surface area (Å²) in [6.45, 7) is 1.31. The van der Waals surface area contributed by atoms with Crippen molar-refractivity contribution in [3.8, 4) is 0 Å². The van der Waals surface area contributed by atoms with Crippen LogP contribution in [0.1, 0.15) is 11.1 Å². The average Bonchev–Trinajstić information content (AvgIpc) is 2.04. The van der Waals surface area contributed by atoms with E-state index in [2.05, 4.69) is 0 Å². The lowest BCUT2D eigenvalue weighted by Gasteiger charge is -2.11. The molecule has 3 nitrogen and oxygen atoms in total.